The van der Waals surface area contributed by atoms with Crippen LogP contribution in [0.4, 0.5) is 10.6 Å². The fourth-order valence-corrected chi connectivity index (χ4v) is 5.14. The van der Waals surface area contributed by atoms with E-state index < -0.39 is 24.3 Å². The number of pyridine rings is 1. The lowest BCUT2D eigenvalue weighted by molar-refractivity contribution is -0.116. The fraction of sp³-hybridized carbons (Fsp3) is 0.452. The molecular weight excluding hydrogens is 606 g/mol. The summed E-state index contributed by atoms with van der Waals surface area (Å²) in [7, 11) is 1.46. The number of likely N-dealkylation sites (tertiary alicyclic amines) is 1. The molecule has 242 valence electrons. The normalized spacial score (nSPS) is 14.6. The summed E-state index contributed by atoms with van der Waals surface area (Å²) in [4.78, 5) is 58.3. The van der Waals surface area contributed by atoms with Gasteiger partial charge >= 0.3 is 12.1 Å². The predicted octanol–water partition coefficient (Wildman–Crippen LogP) is 4.23. The third-order valence-corrected chi connectivity index (χ3v) is 7.56. The highest BCUT2D eigenvalue weighted by atomic mass is 35.5. The van der Waals surface area contributed by atoms with Gasteiger partial charge in [0, 0.05) is 56.3 Å². The molecule has 0 bridgehead atoms. The lowest BCUT2D eigenvalue weighted by Gasteiger charge is -2.34. The van der Waals surface area contributed by atoms with Crippen molar-refractivity contribution in [3.8, 4) is 0 Å². The first-order chi connectivity index (χ1) is 21.5. The molecule has 4 rings (SSSR count). The maximum absolute atomic E-state index is 13.7. The van der Waals surface area contributed by atoms with Gasteiger partial charge in [-0.25, -0.2) is 14.6 Å². The van der Waals surface area contributed by atoms with Crippen LogP contribution in [0.3, 0.4) is 0 Å². The van der Waals surface area contributed by atoms with Crippen molar-refractivity contribution in [1.82, 2.24) is 19.8 Å². The van der Waals surface area contributed by atoms with Crippen LogP contribution in [0, 0.1) is 0 Å². The number of rotatable bonds is 12. The smallest absolute Gasteiger partial charge is 0.432 e. The van der Waals surface area contributed by atoms with Crippen molar-refractivity contribution in [1.29, 1.82) is 0 Å². The third-order valence-electron chi connectivity index (χ3n) is 7.33. The summed E-state index contributed by atoms with van der Waals surface area (Å²) in [6, 6.07) is 9.94. The second-order valence-electron chi connectivity index (χ2n) is 10.8. The average molecular weight is 644 g/mol. The minimum absolute atomic E-state index is 0.0217. The first-order valence-electron chi connectivity index (χ1n) is 14.7. The van der Waals surface area contributed by atoms with Crippen molar-refractivity contribution in [2.24, 2.45) is 0 Å². The van der Waals surface area contributed by atoms with Crippen LogP contribution < -0.4 is 10.6 Å². The van der Waals surface area contributed by atoms with Crippen molar-refractivity contribution in [2.45, 2.75) is 58.5 Å². The number of esters is 1. The van der Waals surface area contributed by atoms with Gasteiger partial charge in [-0.3, -0.25) is 9.59 Å². The minimum Gasteiger partial charge on any atom is -0.432 e. The topological polar surface area (TPSA) is 150 Å². The lowest BCUT2D eigenvalue weighted by Crippen LogP contribution is -2.47. The van der Waals surface area contributed by atoms with Crippen LogP contribution in [0.25, 0.3) is 10.9 Å². The van der Waals surface area contributed by atoms with Crippen molar-refractivity contribution in [3.05, 3.63) is 58.9 Å². The zero-order chi connectivity index (χ0) is 32.5. The number of carbonyl (C=O) groups excluding carboxylic acids is 4. The van der Waals surface area contributed by atoms with Crippen molar-refractivity contribution >= 4 is 52.3 Å². The molecule has 3 heterocycles. The Morgan fingerprint density at radius 2 is 1.80 bits per heavy atom. The highest BCUT2D eigenvalue weighted by Crippen LogP contribution is 2.26. The van der Waals surface area contributed by atoms with Crippen molar-refractivity contribution in [2.75, 3.05) is 38.7 Å². The molecule has 0 radical (unpaired) electrons. The van der Waals surface area contributed by atoms with E-state index in [4.69, 9.17) is 30.5 Å². The van der Waals surface area contributed by atoms with Gasteiger partial charge in [-0.05, 0) is 57.0 Å². The molecule has 1 unspecified atom stereocenters. The lowest BCUT2D eigenvalue weighted by atomic mass is 10.0. The van der Waals surface area contributed by atoms with Crippen LogP contribution in [0.15, 0.2) is 42.6 Å². The van der Waals surface area contributed by atoms with Crippen molar-refractivity contribution < 1.29 is 38.1 Å². The van der Waals surface area contributed by atoms with Gasteiger partial charge in [-0.1, -0.05) is 17.7 Å². The van der Waals surface area contributed by atoms with Crippen molar-refractivity contribution in [3.63, 3.8) is 0 Å². The van der Waals surface area contributed by atoms with Gasteiger partial charge in [-0.15, -0.1) is 0 Å². The Bertz CT molecular complexity index is 1500. The first-order valence-corrected chi connectivity index (χ1v) is 15.1. The largest absolute Gasteiger partial charge is 0.511 e. The molecule has 1 aliphatic heterocycles. The van der Waals surface area contributed by atoms with E-state index in [1.54, 1.807) is 34.9 Å². The Kier molecular flexibility index (Phi) is 11.7. The molecule has 2 amide bonds. The molecule has 14 heteroatoms. The number of hydrogen-bond donors (Lipinski definition) is 2. The number of halogens is 1. The summed E-state index contributed by atoms with van der Waals surface area (Å²) in [5, 5.41) is 6.62. The molecule has 1 atom stereocenters. The summed E-state index contributed by atoms with van der Waals surface area (Å²) in [6.07, 6.45) is 0.707. The number of piperidine rings is 1. The number of anilines is 1. The number of methoxy groups -OCH3 is 1. The number of hydrogen-bond acceptors (Lipinski definition) is 10. The number of benzene rings is 1. The van der Waals surface area contributed by atoms with Gasteiger partial charge in [0.2, 0.25) is 12.2 Å². The fourth-order valence-electron chi connectivity index (χ4n) is 5.03. The molecule has 2 N–H and O–H groups in total. The Balaban J connectivity index is 1.57. The first kappa shape index (κ1) is 33.7. The summed E-state index contributed by atoms with van der Waals surface area (Å²) < 4.78 is 21.5. The van der Waals surface area contributed by atoms with E-state index in [0.29, 0.717) is 27.8 Å². The van der Waals surface area contributed by atoms with Crippen LogP contribution in [-0.2, 0) is 30.3 Å². The van der Waals surface area contributed by atoms with E-state index in [1.165, 1.54) is 26.3 Å². The maximum atomic E-state index is 13.7. The highest BCUT2D eigenvalue weighted by Gasteiger charge is 2.27. The molecule has 13 nitrogen and oxygen atoms in total. The molecule has 0 saturated carbocycles. The van der Waals surface area contributed by atoms with Crippen LogP contribution in [0.5, 0.6) is 0 Å². The molecule has 45 heavy (non-hydrogen) atoms. The Hall–Kier alpha value is -4.20. The quantitative estimate of drug-likeness (QED) is 0.167. The Morgan fingerprint density at radius 3 is 2.47 bits per heavy atom. The summed E-state index contributed by atoms with van der Waals surface area (Å²) in [5.41, 5.74) is 0.770. The average Bonchev–Trinajstić information content (AvgIpc) is 3.37. The molecule has 0 aliphatic carbocycles. The van der Waals surface area contributed by atoms with E-state index in [0.717, 1.165) is 25.9 Å². The second kappa shape index (κ2) is 15.7. The molecule has 2 aromatic heterocycles. The standard InChI is InChI=1S/C31H38ClN5O8/c1-19(2)36-12-10-22(11-13-36)34-29(39)26-16-24-23(30(40)44-20(3)45-31(41)43-15-14-42-4)6-5-7-25(24)37(26)18-28(38)35-27-9-8-21(32)17-33-27/h5-9,16-17,19-20,22H,10-15,18H2,1-4H3,(H,34,39)(H,33,35,38). The molecule has 1 aromatic carbocycles. The number of fused-ring (bicyclic) bond motifs is 1. The molecule has 0 spiro atoms. The Morgan fingerprint density at radius 1 is 1.04 bits per heavy atom. The van der Waals surface area contributed by atoms with Gasteiger partial charge < -0.3 is 39.0 Å². The molecule has 1 fully saturated rings. The van der Waals surface area contributed by atoms with E-state index >= 15 is 0 Å². The number of nitrogens with one attached hydrogen (secondary N) is 2. The number of ether oxygens (including phenoxy) is 4. The zero-order valence-corrected chi connectivity index (χ0v) is 26.5. The van der Waals surface area contributed by atoms with Gasteiger partial charge in [0.1, 0.15) is 24.7 Å². The van der Waals surface area contributed by atoms with Crippen LogP contribution in [-0.4, -0.2) is 90.2 Å². The Labute approximate surface area is 266 Å². The summed E-state index contributed by atoms with van der Waals surface area (Å²) in [6.45, 7) is 7.30. The van der Waals surface area contributed by atoms with Gasteiger partial charge in [0.15, 0.2) is 0 Å². The second-order valence-corrected chi connectivity index (χ2v) is 11.3. The van der Waals surface area contributed by atoms with Gasteiger partial charge in [0.25, 0.3) is 5.91 Å². The third kappa shape index (κ3) is 9.16. The monoisotopic (exact) mass is 643 g/mol. The van der Waals surface area contributed by atoms with Crippen LogP contribution in [0.2, 0.25) is 5.02 Å². The minimum atomic E-state index is -1.26. The van der Waals surface area contributed by atoms with Gasteiger partial charge in [-0.2, -0.15) is 0 Å². The molecule has 3 aromatic rings. The SMILES string of the molecule is COCCOC(=O)OC(C)OC(=O)c1cccc2c1cc(C(=O)NC1CCN(C(C)C)CC1)n2CC(=O)Nc1ccc(Cl)cn1. The van der Waals surface area contributed by atoms with Crippen LogP contribution >= 0.6 is 11.6 Å². The van der Waals surface area contributed by atoms with E-state index in [2.05, 4.69) is 34.4 Å². The summed E-state index contributed by atoms with van der Waals surface area (Å²) in [5.74, 6) is -1.31. The molecule has 1 saturated heterocycles. The zero-order valence-electron chi connectivity index (χ0n) is 25.7. The van der Waals surface area contributed by atoms with Gasteiger partial charge in [0.05, 0.1) is 17.2 Å². The number of amides is 2. The van der Waals surface area contributed by atoms with E-state index in [9.17, 15) is 19.2 Å². The number of carbonyl (C=O) groups is 4. The highest BCUT2D eigenvalue weighted by molar-refractivity contribution is 6.30. The molecular formula is C31H38ClN5O8. The van der Waals surface area contributed by atoms with E-state index in [1.807, 2.05) is 0 Å². The number of aromatic nitrogens is 2. The maximum Gasteiger partial charge on any atom is 0.511 e. The van der Waals surface area contributed by atoms with E-state index in [-0.39, 0.29) is 43.0 Å². The molecule has 1 aliphatic rings. The number of nitrogens with zero attached hydrogens (tertiary/aromatic N) is 3. The predicted molar refractivity (Wildman–Crippen MR) is 166 cm³/mol. The van der Waals surface area contributed by atoms with Crippen LogP contribution in [0.1, 0.15) is 54.5 Å². The summed E-state index contributed by atoms with van der Waals surface area (Å²) >= 11 is 5.91.